The summed E-state index contributed by atoms with van der Waals surface area (Å²) in [5, 5.41) is 0. The quantitative estimate of drug-likeness (QED) is 0.922. The Morgan fingerprint density at radius 1 is 1.05 bits per heavy atom. The van der Waals surface area contributed by atoms with Gasteiger partial charge < -0.3 is 10.6 Å². The average Bonchev–Trinajstić information content (AvgIpc) is 2.85. The molecule has 0 spiro atoms. The van der Waals surface area contributed by atoms with Crippen LogP contribution in [-0.4, -0.2) is 12.6 Å². The van der Waals surface area contributed by atoms with Crippen LogP contribution >= 0.6 is 0 Å². The molecule has 3 rings (SSSR count). The van der Waals surface area contributed by atoms with E-state index < -0.39 is 0 Å². The molecule has 0 aromatic heterocycles. The molecule has 2 aromatic carbocycles. The molecule has 104 valence electrons. The third-order valence-corrected chi connectivity index (χ3v) is 4.26. The summed E-state index contributed by atoms with van der Waals surface area (Å²) in [6, 6.07) is 17.6. The molecule has 2 unspecified atom stereocenters. The van der Waals surface area contributed by atoms with Gasteiger partial charge in [0.1, 0.15) is 0 Å². The molecule has 2 atom stereocenters. The van der Waals surface area contributed by atoms with Gasteiger partial charge in [-0.15, -0.1) is 0 Å². The second-order valence-corrected chi connectivity index (χ2v) is 5.73. The summed E-state index contributed by atoms with van der Waals surface area (Å²) in [5.74, 6) is 0. The van der Waals surface area contributed by atoms with E-state index in [-0.39, 0.29) is 12.1 Å². The number of anilines is 1. The van der Waals surface area contributed by atoms with Crippen molar-refractivity contribution in [3.05, 3.63) is 65.2 Å². The van der Waals surface area contributed by atoms with Gasteiger partial charge in [-0.2, -0.15) is 0 Å². The average molecular weight is 266 g/mol. The lowest BCUT2D eigenvalue weighted by atomic mass is 9.95. The van der Waals surface area contributed by atoms with E-state index in [0.717, 1.165) is 13.0 Å². The molecule has 0 amide bonds. The zero-order valence-corrected chi connectivity index (χ0v) is 12.2. The molecule has 2 nitrogen and oxygen atoms in total. The van der Waals surface area contributed by atoms with Gasteiger partial charge in [-0.05, 0) is 43.0 Å². The second-order valence-electron chi connectivity index (χ2n) is 5.73. The summed E-state index contributed by atoms with van der Waals surface area (Å²) < 4.78 is 0. The lowest BCUT2D eigenvalue weighted by Crippen LogP contribution is -2.39. The first-order valence-electron chi connectivity index (χ1n) is 7.34. The molecule has 0 saturated carbocycles. The number of benzene rings is 2. The first-order valence-corrected chi connectivity index (χ1v) is 7.34. The van der Waals surface area contributed by atoms with Crippen LogP contribution in [0, 0.1) is 6.92 Å². The Balaban J connectivity index is 2.04. The molecule has 2 heteroatoms. The van der Waals surface area contributed by atoms with Gasteiger partial charge in [0.05, 0.1) is 6.04 Å². The normalized spacial score (nSPS) is 16.9. The van der Waals surface area contributed by atoms with Crippen molar-refractivity contribution in [1.29, 1.82) is 0 Å². The van der Waals surface area contributed by atoms with Crippen LogP contribution in [0.25, 0.3) is 0 Å². The van der Waals surface area contributed by atoms with E-state index in [1.54, 1.807) is 0 Å². The van der Waals surface area contributed by atoms with E-state index in [4.69, 9.17) is 5.73 Å². The highest BCUT2D eigenvalue weighted by Crippen LogP contribution is 2.37. The number of nitrogens with two attached hydrogens (primary N) is 1. The summed E-state index contributed by atoms with van der Waals surface area (Å²) >= 11 is 0. The molecule has 0 aliphatic carbocycles. The SMILES string of the molecule is Cc1ccccc1C(C(C)N)N1CCc2ccccc21. The minimum absolute atomic E-state index is 0.0993. The van der Waals surface area contributed by atoms with E-state index in [2.05, 4.69) is 67.3 Å². The third kappa shape index (κ3) is 2.20. The Morgan fingerprint density at radius 3 is 2.50 bits per heavy atom. The number of aryl methyl sites for hydroxylation is 1. The van der Waals surface area contributed by atoms with E-state index in [0.29, 0.717) is 0 Å². The molecular formula is C18H22N2. The highest BCUT2D eigenvalue weighted by atomic mass is 15.2. The maximum atomic E-state index is 6.33. The molecule has 2 aromatic rings. The van der Waals surface area contributed by atoms with Crippen molar-refractivity contribution < 1.29 is 0 Å². The van der Waals surface area contributed by atoms with Crippen molar-refractivity contribution in [2.75, 3.05) is 11.4 Å². The Bertz CT molecular complexity index is 604. The highest BCUT2D eigenvalue weighted by molar-refractivity contribution is 5.60. The van der Waals surface area contributed by atoms with Crippen molar-refractivity contribution >= 4 is 5.69 Å². The minimum Gasteiger partial charge on any atom is -0.362 e. The van der Waals surface area contributed by atoms with Gasteiger partial charge in [0.2, 0.25) is 0 Å². The lowest BCUT2D eigenvalue weighted by molar-refractivity contribution is 0.539. The van der Waals surface area contributed by atoms with E-state index >= 15 is 0 Å². The molecule has 20 heavy (non-hydrogen) atoms. The van der Waals surface area contributed by atoms with Crippen LogP contribution in [-0.2, 0) is 6.42 Å². The Hall–Kier alpha value is -1.80. The molecule has 1 aliphatic heterocycles. The molecule has 0 radical (unpaired) electrons. The van der Waals surface area contributed by atoms with Crippen LogP contribution in [0.4, 0.5) is 5.69 Å². The van der Waals surface area contributed by atoms with Crippen LogP contribution in [0.3, 0.4) is 0 Å². The summed E-state index contributed by atoms with van der Waals surface area (Å²) in [6.45, 7) is 5.34. The third-order valence-electron chi connectivity index (χ3n) is 4.26. The van der Waals surface area contributed by atoms with Crippen molar-refractivity contribution in [2.24, 2.45) is 5.73 Å². The highest BCUT2D eigenvalue weighted by Gasteiger charge is 2.30. The molecule has 0 fully saturated rings. The topological polar surface area (TPSA) is 29.3 Å². The van der Waals surface area contributed by atoms with Crippen molar-refractivity contribution in [3.8, 4) is 0 Å². The predicted molar refractivity (Wildman–Crippen MR) is 85.1 cm³/mol. The Labute approximate surface area is 121 Å². The van der Waals surface area contributed by atoms with Gasteiger partial charge in [0.25, 0.3) is 0 Å². The molecular weight excluding hydrogens is 244 g/mol. The maximum absolute atomic E-state index is 6.33. The minimum atomic E-state index is 0.0993. The first-order chi connectivity index (χ1) is 9.68. The second kappa shape index (κ2) is 5.29. The number of rotatable bonds is 3. The Morgan fingerprint density at radius 2 is 1.75 bits per heavy atom. The molecule has 1 aliphatic rings. The van der Waals surface area contributed by atoms with Crippen molar-refractivity contribution in [3.63, 3.8) is 0 Å². The van der Waals surface area contributed by atoms with Crippen LogP contribution in [0.2, 0.25) is 0 Å². The van der Waals surface area contributed by atoms with E-state index in [1.807, 2.05) is 0 Å². The lowest BCUT2D eigenvalue weighted by Gasteiger charge is -2.34. The fourth-order valence-electron chi connectivity index (χ4n) is 3.31. The molecule has 0 bridgehead atoms. The largest absolute Gasteiger partial charge is 0.362 e. The first kappa shape index (κ1) is 13.2. The van der Waals surface area contributed by atoms with Gasteiger partial charge in [-0.25, -0.2) is 0 Å². The van der Waals surface area contributed by atoms with Gasteiger partial charge >= 0.3 is 0 Å². The summed E-state index contributed by atoms with van der Waals surface area (Å²) in [5.41, 5.74) is 11.8. The molecule has 0 saturated heterocycles. The summed E-state index contributed by atoms with van der Waals surface area (Å²) in [4.78, 5) is 2.47. The zero-order chi connectivity index (χ0) is 14.1. The zero-order valence-electron chi connectivity index (χ0n) is 12.2. The van der Waals surface area contributed by atoms with Gasteiger partial charge in [0.15, 0.2) is 0 Å². The predicted octanol–water partition coefficient (Wildman–Crippen LogP) is 3.45. The maximum Gasteiger partial charge on any atom is 0.0693 e. The van der Waals surface area contributed by atoms with E-state index in [9.17, 15) is 0 Å². The number of hydrogen-bond acceptors (Lipinski definition) is 2. The standard InChI is InChI=1S/C18H22N2/c1-13-7-3-5-9-16(13)18(14(2)19)20-12-11-15-8-4-6-10-17(15)20/h3-10,14,18H,11-12,19H2,1-2H3. The van der Waals surface area contributed by atoms with Gasteiger partial charge in [-0.1, -0.05) is 42.5 Å². The number of para-hydroxylation sites is 1. The monoisotopic (exact) mass is 266 g/mol. The van der Waals surface area contributed by atoms with Crippen LogP contribution < -0.4 is 10.6 Å². The smallest absolute Gasteiger partial charge is 0.0693 e. The fraction of sp³-hybridized carbons (Fsp3) is 0.333. The van der Waals surface area contributed by atoms with Crippen LogP contribution in [0.1, 0.15) is 29.7 Å². The molecule has 1 heterocycles. The summed E-state index contributed by atoms with van der Waals surface area (Å²) in [7, 11) is 0. The van der Waals surface area contributed by atoms with Crippen LogP contribution in [0.5, 0.6) is 0 Å². The summed E-state index contributed by atoms with van der Waals surface area (Å²) in [6.07, 6.45) is 1.12. The van der Waals surface area contributed by atoms with Crippen molar-refractivity contribution in [1.82, 2.24) is 0 Å². The fourth-order valence-corrected chi connectivity index (χ4v) is 3.31. The van der Waals surface area contributed by atoms with Crippen LogP contribution in [0.15, 0.2) is 48.5 Å². The van der Waals surface area contributed by atoms with E-state index in [1.165, 1.54) is 22.4 Å². The van der Waals surface area contributed by atoms with Gasteiger partial charge in [0, 0.05) is 18.3 Å². The Kier molecular flexibility index (Phi) is 3.49. The number of nitrogens with zero attached hydrogens (tertiary/aromatic N) is 1. The van der Waals surface area contributed by atoms with Crippen molar-refractivity contribution in [2.45, 2.75) is 32.4 Å². The molecule has 2 N–H and O–H groups in total. The van der Waals surface area contributed by atoms with Gasteiger partial charge in [-0.3, -0.25) is 0 Å². The number of hydrogen-bond donors (Lipinski definition) is 1. The number of fused-ring (bicyclic) bond motifs is 1.